The van der Waals surface area contributed by atoms with Gasteiger partial charge in [0.25, 0.3) is 5.91 Å². The predicted octanol–water partition coefficient (Wildman–Crippen LogP) is 2.23. The molecular weight excluding hydrogens is 242 g/mol. The Labute approximate surface area is 111 Å². The zero-order chi connectivity index (χ0) is 13.8. The van der Waals surface area contributed by atoms with E-state index >= 15 is 0 Å². The Morgan fingerprint density at radius 3 is 2.74 bits per heavy atom. The summed E-state index contributed by atoms with van der Waals surface area (Å²) in [7, 11) is 1.55. The molecule has 2 aromatic rings. The largest absolute Gasteiger partial charge is 0.497 e. The van der Waals surface area contributed by atoms with Crippen LogP contribution in [0, 0.1) is 6.92 Å². The molecule has 19 heavy (non-hydrogen) atoms. The van der Waals surface area contributed by atoms with Crippen molar-refractivity contribution in [3.63, 3.8) is 0 Å². The van der Waals surface area contributed by atoms with Gasteiger partial charge in [0.15, 0.2) is 0 Å². The van der Waals surface area contributed by atoms with Crippen LogP contribution < -0.4 is 15.8 Å². The maximum atomic E-state index is 12.1. The fourth-order valence-corrected chi connectivity index (χ4v) is 1.70. The van der Waals surface area contributed by atoms with Crippen molar-refractivity contribution in [3.05, 3.63) is 47.8 Å². The quantitative estimate of drug-likeness (QED) is 0.827. The van der Waals surface area contributed by atoms with Gasteiger partial charge in [0.2, 0.25) is 0 Å². The summed E-state index contributed by atoms with van der Waals surface area (Å²) in [6.45, 7) is 1.86. The van der Waals surface area contributed by atoms with E-state index in [9.17, 15) is 4.79 Å². The van der Waals surface area contributed by atoms with Gasteiger partial charge in [-0.05, 0) is 31.2 Å². The molecule has 5 nitrogen and oxygen atoms in total. The van der Waals surface area contributed by atoms with Gasteiger partial charge in [0.05, 0.1) is 12.7 Å². The first-order valence-electron chi connectivity index (χ1n) is 5.77. The number of ether oxygens (including phenoxy) is 1. The number of nitrogens with two attached hydrogens (primary N) is 1. The van der Waals surface area contributed by atoms with Crippen LogP contribution >= 0.6 is 0 Å². The minimum absolute atomic E-state index is 0.259. The number of pyridine rings is 1. The number of aryl methyl sites for hydroxylation is 1. The number of methoxy groups -OCH3 is 1. The molecule has 3 N–H and O–H groups in total. The average Bonchev–Trinajstić information content (AvgIpc) is 2.38. The summed E-state index contributed by atoms with van der Waals surface area (Å²) in [5, 5.41) is 2.78. The number of nitrogens with zero attached hydrogens (tertiary/aromatic N) is 1. The molecule has 1 amide bonds. The fourth-order valence-electron chi connectivity index (χ4n) is 1.70. The Kier molecular flexibility index (Phi) is 3.66. The van der Waals surface area contributed by atoms with Crippen LogP contribution in [0.4, 0.5) is 11.4 Å². The highest BCUT2D eigenvalue weighted by atomic mass is 16.5. The Morgan fingerprint density at radius 1 is 1.32 bits per heavy atom. The molecule has 0 aliphatic rings. The first-order valence-corrected chi connectivity index (χ1v) is 5.77. The summed E-state index contributed by atoms with van der Waals surface area (Å²) in [4.78, 5) is 16.2. The van der Waals surface area contributed by atoms with Crippen LogP contribution in [0.5, 0.6) is 5.75 Å². The molecule has 0 radical (unpaired) electrons. The number of aromatic nitrogens is 1. The lowest BCUT2D eigenvalue weighted by Gasteiger charge is -2.09. The second-order valence-corrected chi connectivity index (χ2v) is 4.09. The maximum Gasteiger partial charge on any atom is 0.257 e. The molecule has 1 aromatic carbocycles. The summed E-state index contributed by atoms with van der Waals surface area (Å²) < 4.78 is 5.04. The molecule has 0 aliphatic carbocycles. The number of rotatable bonds is 3. The van der Waals surface area contributed by atoms with Gasteiger partial charge in [-0.25, -0.2) is 0 Å². The topological polar surface area (TPSA) is 77.2 Å². The van der Waals surface area contributed by atoms with Crippen molar-refractivity contribution < 1.29 is 9.53 Å². The predicted molar refractivity (Wildman–Crippen MR) is 74.3 cm³/mol. The highest BCUT2D eigenvalue weighted by Crippen LogP contribution is 2.20. The van der Waals surface area contributed by atoms with E-state index in [4.69, 9.17) is 10.5 Å². The minimum Gasteiger partial charge on any atom is -0.497 e. The van der Waals surface area contributed by atoms with Crippen LogP contribution in [-0.2, 0) is 0 Å². The monoisotopic (exact) mass is 257 g/mol. The van der Waals surface area contributed by atoms with Crippen molar-refractivity contribution >= 4 is 17.3 Å². The molecule has 1 heterocycles. The smallest absolute Gasteiger partial charge is 0.257 e. The fraction of sp³-hybridized carbons (Fsp3) is 0.143. The van der Waals surface area contributed by atoms with Crippen molar-refractivity contribution in [2.45, 2.75) is 6.92 Å². The van der Waals surface area contributed by atoms with Crippen LogP contribution in [0.25, 0.3) is 0 Å². The van der Waals surface area contributed by atoms with E-state index in [1.54, 1.807) is 43.6 Å². The Balaban J connectivity index is 2.20. The van der Waals surface area contributed by atoms with Crippen molar-refractivity contribution in [1.29, 1.82) is 0 Å². The average molecular weight is 257 g/mol. The summed E-state index contributed by atoms with van der Waals surface area (Å²) in [6, 6.07) is 8.47. The van der Waals surface area contributed by atoms with E-state index < -0.39 is 0 Å². The van der Waals surface area contributed by atoms with E-state index in [1.807, 2.05) is 6.92 Å². The number of nitrogens with one attached hydrogen (secondary N) is 1. The Hall–Kier alpha value is -2.56. The van der Waals surface area contributed by atoms with Crippen molar-refractivity contribution in [1.82, 2.24) is 4.98 Å². The molecule has 0 unspecified atom stereocenters. The van der Waals surface area contributed by atoms with Gasteiger partial charge in [-0.15, -0.1) is 0 Å². The van der Waals surface area contributed by atoms with Gasteiger partial charge in [0, 0.05) is 29.3 Å². The molecule has 0 aliphatic heterocycles. The van der Waals surface area contributed by atoms with E-state index in [0.29, 0.717) is 22.7 Å². The lowest BCUT2D eigenvalue weighted by Crippen LogP contribution is -2.14. The van der Waals surface area contributed by atoms with Gasteiger partial charge in [0.1, 0.15) is 5.75 Å². The van der Waals surface area contributed by atoms with Crippen molar-refractivity contribution in [3.8, 4) is 5.75 Å². The highest BCUT2D eigenvalue weighted by molar-refractivity contribution is 6.07. The summed E-state index contributed by atoms with van der Waals surface area (Å²) in [6.07, 6.45) is 1.64. The first kappa shape index (κ1) is 12.9. The number of hydrogen-bond donors (Lipinski definition) is 2. The molecule has 0 saturated heterocycles. The van der Waals surface area contributed by atoms with Crippen LogP contribution in [0.1, 0.15) is 16.1 Å². The van der Waals surface area contributed by atoms with E-state index in [2.05, 4.69) is 10.3 Å². The molecule has 5 heteroatoms. The van der Waals surface area contributed by atoms with Gasteiger partial charge in [-0.2, -0.15) is 0 Å². The van der Waals surface area contributed by atoms with Gasteiger partial charge >= 0.3 is 0 Å². The zero-order valence-corrected chi connectivity index (χ0v) is 10.8. The first-order chi connectivity index (χ1) is 9.10. The number of anilines is 2. The molecule has 98 valence electrons. The van der Waals surface area contributed by atoms with Crippen LogP contribution in [0.3, 0.4) is 0 Å². The van der Waals surface area contributed by atoms with Gasteiger partial charge in [-0.3, -0.25) is 9.78 Å². The van der Waals surface area contributed by atoms with Crippen LogP contribution in [-0.4, -0.2) is 18.0 Å². The van der Waals surface area contributed by atoms with Gasteiger partial charge < -0.3 is 15.8 Å². The molecule has 1 aromatic heterocycles. The van der Waals surface area contributed by atoms with E-state index in [-0.39, 0.29) is 5.91 Å². The second-order valence-electron chi connectivity index (χ2n) is 4.09. The van der Waals surface area contributed by atoms with Crippen LogP contribution in [0.15, 0.2) is 36.5 Å². The van der Waals surface area contributed by atoms with Crippen molar-refractivity contribution in [2.24, 2.45) is 0 Å². The Bertz CT molecular complexity index is 611. The maximum absolute atomic E-state index is 12.1. The van der Waals surface area contributed by atoms with E-state index in [1.165, 1.54) is 0 Å². The van der Waals surface area contributed by atoms with Crippen LogP contribution in [0.2, 0.25) is 0 Å². The second kappa shape index (κ2) is 5.39. The number of carbonyl (C=O) groups is 1. The SMILES string of the molecule is COc1ccc(C(=O)Nc2ccnc(C)c2)c(N)c1. The van der Waals surface area contributed by atoms with E-state index in [0.717, 1.165) is 5.69 Å². The number of benzene rings is 1. The number of amides is 1. The third-order valence-electron chi connectivity index (χ3n) is 2.66. The molecule has 0 atom stereocenters. The molecular formula is C14H15N3O2. The highest BCUT2D eigenvalue weighted by Gasteiger charge is 2.10. The lowest BCUT2D eigenvalue weighted by molar-refractivity contribution is 0.102. The standard InChI is InChI=1S/C14H15N3O2/c1-9-7-10(5-6-16-9)17-14(18)12-4-3-11(19-2)8-13(12)15/h3-8H,15H2,1-2H3,(H,16,17,18). The molecule has 0 spiro atoms. The normalized spacial score (nSPS) is 10.0. The number of carbonyl (C=O) groups excluding carboxylic acids is 1. The molecule has 2 rings (SSSR count). The zero-order valence-electron chi connectivity index (χ0n) is 10.8. The minimum atomic E-state index is -0.259. The third-order valence-corrected chi connectivity index (χ3v) is 2.66. The Morgan fingerprint density at radius 2 is 2.11 bits per heavy atom. The summed E-state index contributed by atoms with van der Waals surface area (Å²) in [5.41, 5.74) is 8.14. The number of nitrogen functional groups attached to an aromatic ring is 1. The molecule has 0 bridgehead atoms. The van der Waals surface area contributed by atoms with Crippen molar-refractivity contribution in [2.75, 3.05) is 18.2 Å². The third kappa shape index (κ3) is 3.01. The molecule has 0 fully saturated rings. The van der Waals surface area contributed by atoms with Gasteiger partial charge in [-0.1, -0.05) is 0 Å². The number of hydrogen-bond acceptors (Lipinski definition) is 4. The molecule has 0 saturated carbocycles. The summed E-state index contributed by atoms with van der Waals surface area (Å²) in [5.74, 6) is 0.361. The summed E-state index contributed by atoms with van der Waals surface area (Å²) >= 11 is 0. The lowest BCUT2D eigenvalue weighted by atomic mass is 10.1.